The molecule has 0 saturated heterocycles. The third kappa shape index (κ3) is 4.04. The van der Waals surface area contributed by atoms with Crippen LogP contribution in [0.5, 0.6) is 17.2 Å². The zero-order chi connectivity index (χ0) is 21.1. The van der Waals surface area contributed by atoms with Gasteiger partial charge in [-0.05, 0) is 24.6 Å². The van der Waals surface area contributed by atoms with Gasteiger partial charge in [-0.1, -0.05) is 40.8 Å². The van der Waals surface area contributed by atoms with Crippen LogP contribution in [0, 0.1) is 6.92 Å². The maximum absolute atomic E-state index is 13.5. The van der Waals surface area contributed by atoms with E-state index in [9.17, 15) is 9.59 Å². The van der Waals surface area contributed by atoms with Crippen LogP contribution in [0.15, 0.2) is 30.3 Å². The molecule has 0 radical (unpaired) electrons. The van der Waals surface area contributed by atoms with Crippen LogP contribution in [0.25, 0.3) is 10.1 Å². The molecule has 0 aliphatic rings. The Morgan fingerprint density at radius 1 is 1.07 bits per heavy atom. The fourth-order valence-corrected chi connectivity index (χ4v) is 4.44. The highest BCUT2D eigenvalue weighted by molar-refractivity contribution is 14.1. The van der Waals surface area contributed by atoms with Crippen molar-refractivity contribution in [2.45, 2.75) is 6.92 Å². The topological polar surface area (TPSA) is 73.9 Å². The van der Waals surface area contributed by atoms with Crippen LogP contribution in [0.2, 0.25) is 0 Å². The second-order valence-corrected chi connectivity index (χ2v) is 7.97. The molecule has 0 saturated carbocycles. The van der Waals surface area contributed by atoms with Crippen molar-refractivity contribution >= 4 is 61.4 Å². The van der Waals surface area contributed by atoms with Crippen LogP contribution < -0.4 is 19.5 Å². The van der Waals surface area contributed by atoms with E-state index in [1.165, 1.54) is 32.7 Å². The Kier molecular flexibility index (Phi) is 6.63. The number of ether oxygens (including phenoxy) is 3. The van der Waals surface area contributed by atoms with Gasteiger partial charge in [0, 0.05) is 15.6 Å². The summed E-state index contributed by atoms with van der Waals surface area (Å²) in [5.74, 6) is 0.812. The van der Waals surface area contributed by atoms with E-state index < -0.39 is 0 Å². The number of hydrogen-bond donors (Lipinski definition) is 1. The highest BCUT2D eigenvalue weighted by Crippen LogP contribution is 2.42. The van der Waals surface area contributed by atoms with E-state index in [0.29, 0.717) is 37.8 Å². The van der Waals surface area contributed by atoms with E-state index in [-0.39, 0.29) is 11.7 Å². The molecule has 0 bridgehead atoms. The molecule has 1 heterocycles. The zero-order valence-corrected chi connectivity index (χ0v) is 19.4. The fraction of sp³-hybridized carbons (Fsp3) is 0.238. The predicted molar refractivity (Wildman–Crippen MR) is 124 cm³/mol. The number of carbonyl (C=O) groups is 2. The van der Waals surface area contributed by atoms with Crippen molar-refractivity contribution in [2.75, 3.05) is 31.1 Å². The number of benzene rings is 2. The largest absolute Gasteiger partial charge is 0.493 e. The van der Waals surface area contributed by atoms with Gasteiger partial charge in [0.15, 0.2) is 11.5 Å². The van der Waals surface area contributed by atoms with Gasteiger partial charge in [0.2, 0.25) is 17.4 Å². The minimum atomic E-state index is -0.228. The monoisotopic (exact) mass is 525 g/mol. The molecule has 1 aromatic heterocycles. The van der Waals surface area contributed by atoms with Crippen molar-refractivity contribution in [1.82, 2.24) is 0 Å². The van der Waals surface area contributed by atoms with E-state index in [1.807, 2.05) is 47.7 Å². The van der Waals surface area contributed by atoms with Gasteiger partial charge in [0.1, 0.15) is 0 Å². The highest BCUT2D eigenvalue weighted by atomic mass is 127. The number of fused-ring (bicyclic) bond motifs is 1. The summed E-state index contributed by atoms with van der Waals surface area (Å²) >= 11 is 3.36. The number of carbonyl (C=O) groups excluding carboxylic acids is 2. The molecule has 1 N–H and O–H groups in total. The van der Waals surface area contributed by atoms with Gasteiger partial charge in [-0.15, -0.1) is 11.3 Å². The molecule has 0 fully saturated rings. The number of amides is 1. The molecule has 1 amide bonds. The summed E-state index contributed by atoms with van der Waals surface area (Å²) in [4.78, 5) is 26.0. The van der Waals surface area contributed by atoms with Gasteiger partial charge in [0.25, 0.3) is 0 Å². The van der Waals surface area contributed by atoms with Crippen molar-refractivity contribution in [1.29, 1.82) is 0 Å². The minimum absolute atomic E-state index is 0.161. The van der Waals surface area contributed by atoms with Crippen LogP contribution in [0.4, 0.5) is 5.69 Å². The molecule has 0 unspecified atom stereocenters. The Labute approximate surface area is 186 Å². The average molecular weight is 525 g/mol. The maximum Gasteiger partial charge on any atom is 0.234 e. The van der Waals surface area contributed by atoms with E-state index >= 15 is 0 Å². The SMILES string of the molecule is COc1cc(C(=O)c2sc3c(C)cccc3c2NC(=O)CI)cc(OC)c1OC. The third-order valence-corrected chi connectivity index (χ3v) is 6.46. The van der Waals surface area contributed by atoms with E-state index in [1.54, 1.807) is 12.1 Å². The number of halogens is 1. The number of methoxy groups -OCH3 is 3. The van der Waals surface area contributed by atoms with Crippen molar-refractivity contribution in [2.24, 2.45) is 0 Å². The molecule has 0 aliphatic heterocycles. The Bertz CT molecular complexity index is 1070. The smallest absolute Gasteiger partial charge is 0.234 e. The molecule has 2 aromatic carbocycles. The number of anilines is 1. The summed E-state index contributed by atoms with van der Waals surface area (Å²) in [5, 5.41) is 3.75. The average Bonchev–Trinajstić information content (AvgIpc) is 3.11. The second-order valence-electron chi connectivity index (χ2n) is 6.18. The van der Waals surface area contributed by atoms with Gasteiger partial charge >= 0.3 is 0 Å². The second kappa shape index (κ2) is 9.00. The lowest BCUT2D eigenvalue weighted by atomic mass is 10.1. The van der Waals surface area contributed by atoms with E-state index in [2.05, 4.69) is 5.32 Å². The summed E-state index contributed by atoms with van der Waals surface area (Å²) in [5.41, 5.74) is 1.96. The Hall–Kier alpha value is -2.33. The van der Waals surface area contributed by atoms with Gasteiger partial charge in [-0.2, -0.15) is 0 Å². The lowest BCUT2D eigenvalue weighted by Gasteiger charge is -2.14. The molecule has 0 aliphatic carbocycles. The molecule has 152 valence electrons. The van der Waals surface area contributed by atoms with E-state index in [0.717, 1.165) is 15.6 Å². The van der Waals surface area contributed by atoms with Crippen molar-refractivity contribution in [3.8, 4) is 17.2 Å². The molecule has 3 aromatic rings. The van der Waals surface area contributed by atoms with Gasteiger partial charge in [-0.25, -0.2) is 0 Å². The summed E-state index contributed by atoms with van der Waals surface area (Å²) in [6.07, 6.45) is 0. The normalized spacial score (nSPS) is 10.7. The number of alkyl halides is 1. The molecule has 3 rings (SSSR count). The summed E-state index contributed by atoms with van der Waals surface area (Å²) in [6, 6.07) is 9.04. The van der Waals surface area contributed by atoms with Crippen molar-refractivity contribution in [3.05, 3.63) is 46.3 Å². The Morgan fingerprint density at radius 2 is 1.72 bits per heavy atom. The van der Waals surface area contributed by atoms with E-state index in [4.69, 9.17) is 14.2 Å². The standard InChI is InChI=1S/C21H20INO5S/c1-11-6-5-7-13-17(23-16(24)10-22)21(29-20(11)13)18(25)12-8-14(26-2)19(28-4)15(9-12)27-3/h5-9H,10H2,1-4H3,(H,23,24). The molecular weight excluding hydrogens is 505 g/mol. The number of rotatable bonds is 7. The molecule has 8 heteroatoms. The fourth-order valence-electron chi connectivity index (χ4n) is 3.06. The molecular formula is C21H20INO5S. The number of hydrogen-bond acceptors (Lipinski definition) is 6. The van der Waals surface area contributed by atoms with Gasteiger partial charge in [-0.3, -0.25) is 9.59 Å². The number of nitrogens with one attached hydrogen (secondary N) is 1. The lowest BCUT2D eigenvalue weighted by Crippen LogP contribution is -2.14. The third-order valence-electron chi connectivity index (χ3n) is 4.43. The van der Waals surface area contributed by atoms with Crippen molar-refractivity contribution < 1.29 is 23.8 Å². The maximum atomic E-state index is 13.5. The van der Waals surface area contributed by atoms with Gasteiger partial charge in [0.05, 0.1) is 36.3 Å². The molecule has 6 nitrogen and oxygen atoms in total. The van der Waals surface area contributed by atoms with Crippen LogP contribution in [-0.4, -0.2) is 37.4 Å². The van der Waals surface area contributed by atoms with Crippen LogP contribution in [-0.2, 0) is 4.79 Å². The summed E-state index contributed by atoms with van der Waals surface area (Å²) in [7, 11) is 4.51. The first-order valence-electron chi connectivity index (χ1n) is 8.67. The van der Waals surface area contributed by atoms with Crippen LogP contribution in [0.1, 0.15) is 20.8 Å². The highest BCUT2D eigenvalue weighted by Gasteiger charge is 2.24. The van der Waals surface area contributed by atoms with Gasteiger partial charge < -0.3 is 19.5 Å². The van der Waals surface area contributed by atoms with Crippen LogP contribution in [0.3, 0.4) is 0 Å². The van der Waals surface area contributed by atoms with Crippen molar-refractivity contribution in [3.63, 3.8) is 0 Å². The Balaban J connectivity index is 2.20. The minimum Gasteiger partial charge on any atom is -0.493 e. The lowest BCUT2D eigenvalue weighted by molar-refractivity contribution is -0.113. The quantitative estimate of drug-likeness (QED) is 0.272. The van der Waals surface area contributed by atoms with Crippen LogP contribution >= 0.6 is 33.9 Å². The first kappa shape index (κ1) is 21.4. The summed E-state index contributed by atoms with van der Waals surface area (Å²) in [6.45, 7) is 1.98. The Morgan fingerprint density at radius 3 is 2.28 bits per heavy atom. The number of ketones is 1. The number of aryl methyl sites for hydroxylation is 1. The molecule has 0 spiro atoms. The zero-order valence-electron chi connectivity index (χ0n) is 16.4. The first-order valence-corrected chi connectivity index (χ1v) is 11.0. The summed E-state index contributed by atoms with van der Waals surface area (Å²) < 4.78 is 17.3. The molecule has 29 heavy (non-hydrogen) atoms. The molecule has 0 atom stereocenters. The first-order chi connectivity index (χ1) is 13.9. The predicted octanol–water partition coefficient (Wildman–Crippen LogP) is 4.84. The number of thiophene rings is 1.